The van der Waals surface area contributed by atoms with Gasteiger partial charge in [-0.15, -0.1) is 24.0 Å². The fourth-order valence-corrected chi connectivity index (χ4v) is 3.72. The maximum Gasteiger partial charge on any atom is 0.222 e. The molecule has 0 bridgehead atoms. The lowest BCUT2D eigenvalue weighted by Gasteiger charge is -2.33. The second-order valence-electron chi connectivity index (χ2n) is 7.96. The molecule has 33 heavy (non-hydrogen) atoms. The van der Waals surface area contributed by atoms with Crippen LogP contribution in [0.3, 0.4) is 0 Å². The van der Waals surface area contributed by atoms with Gasteiger partial charge in [0.1, 0.15) is 18.2 Å². The number of pyridine rings is 1. The third-order valence-corrected chi connectivity index (χ3v) is 5.43. The van der Waals surface area contributed by atoms with Crippen LogP contribution in [0, 0.1) is 12.8 Å². The molecule has 180 valence electrons. The lowest BCUT2D eigenvalue weighted by atomic mass is 9.97. The number of benzene rings is 1. The highest BCUT2D eigenvalue weighted by molar-refractivity contribution is 14.0. The van der Waals surface area contributed by atoms with Gasteiger partial charge in [0, 0.05) is 31.4 Å². The van der Waals surface area contributed by atoms with E-state index in [0.717, 1.165) is 49.0 Å². The molecule has 1 aliphatic heterocycles. The van der Waals surface area contributed by atoms with Crippen LogP contribution >= 0.6 is 24.0 Å². The van der Waals surface area contributed by atoms with Gasteiger partial charge in [-0.2, -0.15) is 0 Å². The summed E-state index contributed by atoms with van der Waals surface area (Å²) >= 11 is 0. The van der Waals surface area contributed by atoms with Gasteiger partial charge in [-0.1, -0.05) is 23.8 Å². The average Bonchev–Trinajstić information content (AvgIpc) is 2.81. The minimum absolute atomic E-state index is 0. The smallest absolute Gasteiger partial charge is 0.222 e. The number of ether oxygens (including phenoxy) is 1. The molecule has 1 atom stereocenters. The first-order chi connectivity index (χ1) is 15.6. The Morgan fingerprint density at radius 1 is 1.27 bits per heavy atom. The van der Waals surface area contributed by atoms with E-state index in [0.29, 0.717) is 26.2 Å². The number of hydrogen-bond acceptors (Lipinski definition) is 5. The van der Waals surface area contributed by atoms with Gasteiger partial charge >= 0.3 is 0 Å². The molecular formula is C24H35IN6O2. The molecule has 0 aliphatic carbocycles. The van der Waals surface area contributed by atoms with Crippen LogP contribution in [0.5, 0.6) is 5.75 Å². The fourth-order valence-electron chi connectivity index (χ4n) is 3.72. The number of anilines is 1. The number of carbonyl (C=O) groups is 1. The van der Waals surface area contributed by atoms with Crippen molar-refractivity contribution < 1.29 is 9.53 Å². The quantitative estimate of drug-likeness (QED) is 0.187. The van der Waals surface area contributed by atoms with Gasteiger partial charge in [0.05, 0.1) is 19.0 Å². The van der Waals surface area contributed by atoms with Crippen molar-refractivity contribution in [2.45, 2.75) is 33.2 Å². The van der Waals surface area contributed by atoms with E-state index in [4.69, 9.17) is 15.5 Å². The number of nitrogens with two attached hydrogens (primary N) is 1. The number of hydrogen-bond donors (Lipinski definition) is 3. The van der Waals surface area contributed by atoms with Crippen LogP contribution in [0.2, 0.25) is 0 Å². The zero-order chi connectivity index (χ0) is 22.8. The Labute approximate surface area is 213 Å². The molecule has 3 rings (SSSR count). The summed E-state index contributed by atoms with van der Waals surface area (Å²) in [5.74, 6) is 2.09. The van der Waals surface area contributed by atoms with E-state index in [-0.39, 0.29) is 35.8 Å². The Morgan fingerprint density at radius 2 is 2.06 bits per heavy atom. The predicted molar refractivity (Wildman–Crippen MR) is 143 cm³/mol. The van der Waals surface area contributed by atoms with E-state index in [1.165, 1.54) is 5.56 Å². The topological polar surface area (TPSA) is 105 Å². The molecule has 1 saturated heterocycles. The first kappa shape index (κ1) is 26.7. The highest BCUT2D eigenvalue weighted by Gasteiger charge is 2.25. The number of aliphatic imine (C=N–C) groups is 1. The summed E-state index contributed by atoms with van der Waals surface area (Å²) in [6, 6.07) is 12.0. The third kappa shape index (κ3) is 8.38. The number of halogens is 1. The number of primary amides is 1. The normalized spacial score (nSPS) is 16.0. The summed E-state index contributed by atoms with van der Waals surface area (Å²) in [6.45, 7) is 7.97. The highest BCUT2D eigenvalue weighted by Crippen LogP contribution is 2.25. The molecule has 1 unspecified atom stereocenters. The van der Waals surface area contributed by atoms with Crippen LogP contribution in [-0.2, 0) is 11.3 Å². The lowest BCUT2D eigenvalue weighted by molar-refractivity contribution is -0.122. The summed E-state index contributed by atoms with van der Waals surface area (Å²) in [7, 11) is 0. The first-order valence-corrected chi connectivity index (χ1v) is 11.3. The van der Waals surface area contributed by atoms with Gasteiger partial charge in [0.2, 0.25) is 5.91 Å². The van der Waals surface area contributed by atoms with Gasteiger partial charge in [-0.3, -0.25) is 4.79 Å². The molecule has 0 saturated carbocycles. The summed E-state index contributed by atoms with van der Waals surface area (Å²) in [6.07, 6.45) is 3.55. The number of piperidine rings is 1. The summed E-state index contributed by atoms with van der Waals surface area (Å²) < 4.78 is 5.78. The molecule has 1 aromatic heterocycles. The van der Waals surface area contributed by atoms with Crippen molar-refractivity contribution in [3.8, 4) is 5.75 Å². The third-order valence-electron chi connectivity index (χ3n) is 5.43. The maximum atomic E-state index is 11.7. The van der Waals surface area contributed by atoms with Crippen LogP contribution in [0.1, 0.15) is 30.9 Å². The monoisotopic (exact) mass is 566 g/mol. The molecule has 1 amide bonds. The standard InChI is InChI=1S/C24H34N6O2.HI/c1-3-26-24(28-13-15-32-21-10-8-18(2)9-11-21)29-16-19-6-4-12-27-23(19)30-14-5-7-20(17-30)22(25)31;/h4,6,8-12,20H,3,5,7,13-17H2,1-2H3,(H2,25,31)(H2,26,28,29);1H. The van der Waals surface area contributed by atoms with Crippen LogP contribution in [0.4, 0.5) is 5.82 Å². The van der Waals surface area contributed by atoms with Crippen molar-refractivity contribution >= 4 is 41.7 Å². The molecule has 8 nitrogen and oxygen atoms in total. The van der Waals surface area contributed by atoms with Gasteiger partial charge < -0.3 is 26.0 Å². The number of nitrogens with zero attached hydrogens (tertiary/aromatic N) is 3. The van der Waals surface area contributed by atoms with E-state index < -0.39 is 0 Å². The van der Waals surface area contributed by atoms with Crippen molar-refractivity contribution in [1.82, 2.24) is 15.6 Å². The minimum atomic E-state index is -0.239. The number of aryl methyl sites for hydroxylation is 1. The maximum absolute atomic E-state index is 11.7. The second kappa shape index (κ2) is 13.9. The van der Waals surface area contributed by atoms with Gasteiger partial charge in [0.25, 0.3) is 0 Å². The summed E-state index contributed by atoms with van der Waals surface area (Å²) in [5, 5.41) is 6.58. The van der Waals surface area contributed by atoms with E-state index in [1.54, 1.807) is 6.20 Å². The molecule has 4 N–H and O–H groups in total. The van der Waals surface area contributed by atoms with Crippen molar-refractivity contribution in [2.24, 2.45) is 16.6 Å². The molecule has 0 radical (unpaired) electrons. The summed E-state index contributed by atoms with van der Waals surface area (Å²) in [5.41, 5.74) is 7.77. The number of guanidine groups is 1. The molecule has 1 aromatic carbocycles. The summed E-state index contributed by atoms with van der Waals surface area (Å²) in [4.78, 5) is 23.1. The lowest BCUT2D eigenvalue weighted by Crippen LogP contribution is -2.42. The molecule has 1 aliphatic rings. The Hall–Kier alpha value is -2.56. The van der Waals surface area contributed by atoms with Gasteiger partial charge in [-0.25, -0.2) is 9.98 Å². The second-order valence-corrected chi connectivity index (χ2v) is 7.96. The molecular weight excluding hydrogens is 531 g/mol. The van der Waals surface area contributed by atoms with Crippen molar-refractivity contribution in [3.05, 3.63) is 53.7 Å². The molecule has 9 heteroatoms. The molecule has 0 spiro atoms. The average molecular weight is 566 g/mol. The number of aromatic nitrogens is 1. The van der Waals surface area contributed by atoms with E-state index in [2.05, 4.69) is 27.4 Å². The predicted octanol–water partition coefficient (Wildman–Crippen LogP) is 2.84. The van der Waals surface area contributed by atoms with Crippen LogP contribution in [0.25, 0.3) is 0 Å². The molecule has 2 heterocycles. The number of carbonyl (C=O) groups excluding carboxylic acids is 1. The Morgan fingerprint density at radius 3 is 2.79 bits per heavy atom. The van der Waals surface area contributed by atoms with Gasteiger partial charge in [-0.05, 0) is 44.9 Å². The fraction of sp³-hybridized carbons (Fsp3) is 0.458. The largest absolute Gasteiger partial charge is 0.492 e. The van der Waals surface area contributed by atoms with Crippen LogP contribution in [-0.4, -0.2) is 49.6 Å². The zero-order valence-electron chi connectivity index (χ0n) is 19.4. The van der Waals surface area contributed by atoms with Crippen LogP contribution in [0.15, 0.2) is 47.6 Å². The van der Waals surface area contributed by atoms with E-state index in [1.807, 2.05) is 43.3 Å². The Bertz CT molecular complexity index is 906. The molecule has 2 aromatic rings. The SMILES string of the molecule is CCNC(=NCc1cccnc1N1CCCC(C(N)=O)C1)NCCOc1ccc(C)cc1.I. The van der Waals surface area contributed by atoms with E-state index in [9.17, 15) is 4.79 Å². The zero-order valence-corrected chi connectivity index (χ0v) is 21.7. The first-order valence-electron chi connectivity index (χ1n) is 11.3. The van der Waals surface area contributed by atoms with E-state index >= 15 is 0 Å². The van der Waals surface area contributed by atoms with Crippen LogP contribution < -0.4 is 26.0 Å². The van der Waals surface area contributed by atoms with Crippen molar-refractivity contribution in [1.29, 1.82) is 0 Å². The number of rotatable bonds is 9. The van der Waals surface area contributed by atoms with Gasteiger partial charge in [0.15, 0.2) is 5.96 Å². The molecule has 1 fully saturated rings. The number of nitrogens with one attached hydrogen (secondary N) is 2. The number of amides is 1. The Balaban J connectivity index is 0.00000385. The van der Waals surface area contributed by atoms with Crippen molar-refractivity contribution in [3.63, 3.8) is 0 Å². The van der Waals surface area contributed by atoms with Crippen molar-refractivity contribution in [2.75, 3.05) is 37.7 Å². The minimum Gasteiger partial charge on any atom is -0.492 e. The highest BCUT2D eigenvalue weighted by atomic mass is 127. The Kier molecular flexibility index (Phi) is 11.2.